The largest absolute Gasteiger partial charge is 0.495 e. The van der Waals surface area contributed by atoms with Crippen molar-refractivity contribution in [2.45, 2.75) is 25.9 Å². The highest BCUT2D eigenvalue weighted by atomic mass is 35.5. The number of anilines is 1. The van der Waals surface area contributed by atoms with Crippen LogP contribution in [0.5, 0.6) is 5.75 Å². The number of fused-ring (bicyclic) bond motifs is 1. The SMILES string of the molecule is COc1ccc(Cl)cc1NC(=O)C(C)NC(C)c1cc2ccccc2o1. The van der Waals surface area contributed by atoms with E-state index >= 15 is 0 Å². The van der Waals surface area contributed by atoms with Crippen molar-refractivity contribution in [2.24, 2.45) is 0 Å². The molecule has 3 rings (SSSR count). The van der Waals surface area contributed by atoms with Gasteiger partial charge in [0.05, 0.1) is 24.9 Å². The summed E-state index contributed by atoms with van der Waals surface area (Å²) in [5, 5.41) is 7.66. The Balaban J connectivity index is 1.68. The second-order valence-electron chi connectivity index (χ2n) is 6.13. The maximum Gasteiger partial charge on any atom is 0.241 e. The van der Waals surface area contributed by atoms with Gasteiger partial charge in [-0.25, -0.2) is 0 Å². The smallest absolute Gasteiger partial charge is 0.241 e. The Morgan fingerprint density at radius 2 is 1.92 bits per heavy atom. The molecule has 0 spiro atoms. The zero-order valence-electron chi connectivity index (χ0n) is 14.9. The predicted octanol–water partition coefficient (Wildman–Crippen LogP) is 4.77. The lowest BCUT2D eigenvalue weighted by molar-refractivity contribution is -0.118. The molecule has 1 aromatic heterocycles. The minimum absolute atomic E-state index is 0.121. The molecular formula is C20H21ClN2O3. The van der Waals surface area contributed by atoms with Crippen LogP contribution in [-0.4, -0.2) is 19.1 Å². The van der Waals surface area contributed by atoms with Gasteiger partial charge >= 0.3 is 0 Å². The number of ether oxygens (including phenoxy) is 1. The molecule has 26 heavy (non-hydrogen) atoms. The number of benzene rings is 2. The van der Waals surface area contributed by atoms with E-state index in [1.165, 1.54) is 0 Å². The Hall–Kier alpha value is -2.50. The lowest BCUT2D eigenvalue weighted by Gasteiger charge is -2.19. The molecule has 5 nitrogen and oxygen atoms in total. The summed E-state index contributed by atoms with van der Waals surface area (Å²) in [6.07, 6.45) is 0. The lowest BCUT2D eigenvalue weighted by Crippen LogP contribution is -2.39. The van der Waals surface area contributed by atoms with Crippen LogP contribution in [-0.2, 0) is 4.79 Å². The average molecular weight is 373 g/mol. The van der Waals surface area contributed by atoms with Gasteiger partial charge in [-0.2, -0.15) is 0 Å². The van der Waals surface area contributed by atoms with Crippen molar-refractivity contribution in [3.63, 3.8) is 0 Å². The maximum atomic E-state index is 12.5. The van der Waals surface area contributed by atoms with Crippen LogP contribution >= 0.6 is 11.6 Å². The van der Waals surface area contributed by atoms with Crippen molar-refractivity contribution < 1.29 is 13.9 Å². The normalized spacial score (nSPS) is 13.4. The van der Waals surface area contributed by atoms with Crippen LogP contribution in [0.25, 0.3) is 11.0 Å². The van der Waals surface area contributed by atoms with E-state index in [0.29, 0.717) is 16.5 Å². The summed E-state index contributed by atoms with van der Waals surface area (Å²) in [5.41, 5.74) is 1.37. The summed E-state index contributed by atoms with van der Waals surface area (Å²) in [6, 6.07) is 14.3. The molecule has 0 aliphatic carbocycles. The van der Waals surface area contributed by atoms with E-state index in [4.69, 9.17) is 20.8 Å². The van der Waals surface area contributed by atoms with Gasteiger partial charge in [0.15, 0.2) is 0 Å². The molecule has 2 aromatic carbocycles. The Kier molecular flexibility index (Phi) is 5.49. The number of furan rings is 1. The van der Waals surface area contributed by atoms with Gasteiger partial charge in [0.2, 0.25) is 5.91 Å². The van der Waals surface area contributed by atoms with Gasteiger partial charge < -0.3 is 14.5 Å². The first-order chi connectivity index (χ1) is 12.5. The van der Waals surface area contributed by atoms with E-state index in [1.54, 1.807) is 32.2 Å². The standard InChI is InChI=1S/C20H21ClN2O3/c1-12(19-10-14-6-4-5-7-17(14)26-19)22-13(2)20(24)23-16-11-15(21)8-9-18(16)25-3/h4-13,22H,1-3H3,(H,23,24). The molecule has 2 atom stereocenters. The molecule has 0 aliphatic heterocycles. The molecule has 0 saturated carbocycles. The number of amides is 1. The minimum atomic E-state index is -0.443. The minimum Gasteiger partial charge on any atom is -0.495 e. The third-order valence-electron chi connectivity index (χ3n) is 4.18. The Morgan fingerprint density at radius 3 is 2.65 bits per heavy atom. The quantitative estimate of drug-likeness (QED) is 0.654. The molecule has 1 amide bonds. The number of hydrogen-bond donors (Lipinski definition) is 2. The van der Waals surface area contributed by atoms with Crippen LogP contribution in [0.1, 0.15) is 25.6 Å². The first-order valence-electron chi connectivity index (χ1n) is 8.37. The second-order valence-corrected chi connectivity index (χ2v) is 6.57. The van der Waals surface area contributed by atoms with E-state index in [-0.39, 0.29) is 11.9 Å². The van der Waals surface area contributed by atoms with E-state index < -0.39 is 6.04 Å². The third-order valence-corrected chi connectivity index (χ3v) is 4.42. The molecule has 0 fully saturated rings. The third kappa shape index (κ3) is 4.00. The number of halogens is 1. The molecule has 0 bridgehead atoms. The number of para-hydroxylation sites is 1. The van der Waals surface area contributed by atoms with E-state index in [2.05, 4.69) is 10.6 Å². The van der Waals surface area contributed by atoms with Crippen molar-refractivity contribution in [1.29, 1.82) is 0 Å². The Bertz CT molecular complexity index is 889. The summed E-state index contributed by atoms with van der Waals surface area (Å²) >= 11 is 6.00. The van der Waals surface area contributed by atoms with Gasteiger partial charge in [-0.3, -0.25) is 10.1 Å². The highest BCUT2D eigenvalue weighted by Crippen LogP contribution is 2.28. The average Bonchev–Trinajstić information content (AvgIpc) is 3.06. The number of rotatable bonds is 6. The van der Waals surface area contributed by atoms with Gasteiger partial charge in [0.25, 0.3) is 0 Å². The first-order valence-corrected chi connectivity index (χ1v) is 8.74. The molecule has 0 aliphatic rings. The van der Waals surface area contributed by atoms with Gasteiger partial charge in [0.1, 0.15) is 17.1 Å². The molecule has 2 unspecified atom stereocenters. The van der Waals surface area contributed by atoms with Crippen LogP contribution in [0, 0.1) is 0 Å². The van der Waals surface area contributed by atoms with Crippen molar-refractivity contribution >= 4 is 34.2 Å². The van der Waals surface area contributed by atoms with Crippen LogP contribution in [0.15, 0.2) is 52.9 Å². The number of carbonyl (C=O) groups is 1. The summed E-state index contributed by atoms with van der Waals surface area (Å²) in [7, 11) is 1.55. The fourth-order valence-corrected chi connectivity index (χ4v) is 2.94. The van der Waals surface area contributed by atoms with E-state index in [0.717, 1.165) is 16.7 Å². The van der Waals surface area contributed by atoms with Crippen molar-refractivity contribution in [1.82, 2.24) is 5.32 Å². The van der Waals surface area contributed by atoms with Gasteiger partial charge in [0, 0.05) is 10.4 Å². The molecule has 136 valence electrons. The maximum absolute atomic E-state index is 12.5. The molecule has 0 saturated heterocycles. The van der Waals surface area contributed by atoms with Crippen LogP contribution in [0.3, 0.4) is 0 Å². The van der Waals surface area contributed by atoms with Crippen molar-refractivity contribution in [2.75, 3.05) is 12.4 Å². The van der Waals surface area contributed by atoms with Gasteiger partial charge in [-0.15, -0.1) is 0 Å². The monoisotopic (exact) mass is 372 g/mol. The summed E-state index contributed by atoms with van der Waals surface area (Å²) < 4.78 is 11.1. The zero-order valence-corrected chi connectivity index (χ0v) is 15.6. The van der Waals surface area contributed by atoms with Crippen molar-refractivity contribution in [3.8, 4) is 5.75 Å². The number of methoxy groups -OCH3 is 1. The molecule has 0 radical (unpaired) electrons. The summed E-state index contributed by atoms with van der Waals surface area (Å²) in [6.45, 7) is 3.76. The fourth-order valence-electron chi connectivity index (χ4n) is 2.77. The second kappa shape index (κ2) is 7.81. The van der Waals surface area contributed by atoms with Gasteiger partial charge in [-0.05, 0) is 44.2 Å². The summed E-state index contributed by atoms with van der Waals surface area (Å²) in [4.78, 5) is 12.5. The molecule has 2 N–H and O–H groups in total. The topological polar surface area (TPSA) is 63.5 Å². The van der Waals surface area contributed by atoms with Crippen LogP contribution in [0.4, 0.5) is 5.69 Å². The van der Waals surface area contributed by atoms with Crippen LogP contribution < -0.4 is 15.4 Å². The van der Waals surface area contributed by atoms with Crippen LogP contribution in [0.2, 0.25) is 5.02 Å². The highest BCUT2D eigenvalue weighted by Gasteiger charge is 2.20. The molecule has 3 aromatic rings. The lowest BCUT2D eigenvalue weighted by atomic mass is 10.2. The van der Waals surface area contributed by atoms with E-state index in [1.807, 2.05) is 37.3 Å². The Labute approximate surface area is 157 Å². The highest BCUT2D eigenvalue weighted by molar-refractivity contribution is 6.31. The van der Waals surface area contributed by atoms with E-state index in [9.17, 15) is 4.79 Å². The fraction of sp³-hybridized carbons (Fsp3) is 0.250. The number of nitrogens with one attached hydrogen (secondary N) is 2. The molecule has 1 heterocycles. The first kappa shape index (κ1) is 18.3. The Morgan fingerprint density at radius 1 is 1.15 bits per heavy atom. The molecule has 6 heteroatoms. The summed E-state index contributed by atoms with van der Waals surface area (Å²) in [5.74, 6) is 1.15. The molecular weight excluding hydrogens is 352 g/mol. The van der Waals surface area contributed by atoms with Gasteiger partial charge in [-0.1, -0.05) is 29.8 Å². The number of hydrogen-bond acceptors (Lipinski definition) is 4. The predicted molar refractivity (Wildman–Crippen MR) is 104 cm³/mol. The zero-order chi connectivity index (χ0) is 18.7. The number of carbonyl (C=O) groups excluding carboxylic acids is 1. The van der Waals surface area contributed by atoms with Crippen molar-refractivity contribution in [3.05, 3.63) is 59.3 Å².